The second kappa shape index (κ2) is 10.7. The molecule has 2 fully saturated rings. The zero-order valence-electron chi connectivity index (χ0n) is 21.8. The SMILES string of the molecule is COc1cccc([C@@]23CC[N+](C)(C)C[C@@]2(O)CC[C@@H](NC(=O)CCCCCc2ccccc2)C3)c1. The van der Waals surface area contributed by atoms with Gasteiger partial charge in [-0.25, -0.2) is 0 Å². The highest BCUT2D eigenvalue weighted by atomic mass is 16.5. The van der Waals surface area contributed by atoms with Gasteiger partial charge in [0, 0.05) is 24.3 Å². The summed E-state index contributed by atoms with van der Waals surface area (Å²) in [6.07, 6.45) is 7.94. The van der Waals surface area contributed by atoms with E-state index in [1.54, 1.807) is 7.11 Å². The molecule has 0 bridgehead atoms. The minimum Gasteiger partial charge on any atom is -0.497 e. The highest BCUT2D eigenvalue weighted by Crippen LogP contribution is 2.52. The Kier molecular flexibility index (Phi) is 7.87. The monoisotopic (exact) mass is 479 g/mol. The van der Waals surface area contributed by atoms with E-state index in [4.69, 9.17) is 4.74 Å². The van der Waals surface area contributed by atoms with Crippen LogP contribution < -0.4 is 10.1 Å². The van der Waals surface area contributed by atoms with Crippen LogP contribution in [0.15, 0.2) is 54.6 Å². The van der Waals surface area contributed by atoms with Crippen molar-refractivity contribution in [1.29, 1.82) is 0 Å². The number of nitrogens with one attached hydrogen (secondary N) is 1. The third kappa shape index (κ3) is 5.90. The van der Waals surface area contributed by atoms with E-state index in [9.17, 15) is 9.90 Å². The fourth-order valence-electron chi connectivity index (χ4n) is 6.52. The number of nitrogens with zero attached hydrogens (tertiary/aromatic N) is 1. The average molecular weight is 480 g/mol. The van der Waals surface area contributed by atoms with Crippen molar-refractivity contribution >= 4 is 5.91 Å². The molecule has 0 spiro atoms. The predicted octanol–water partition coefficient (Wildman–Crippen LogP) is 4.62. The minimum atomic E-state index is -0.792. The third-order valence-corrected chi connectivity index (χ3v) is 8.43. The number of quaternary nitrogens is 1. The molecule has 190 valence electrons. The summed E-state index contributed by atoms with van der Waals surface area (Å²) < 4.78 is 6.35. The Hall–Kier alpha value is -2.37. The van der Waals surface area contributed by atoms with Gasteiger partial charge >= 0.3 is 0 Å². The number of ether oxygens (including phenoxy) is 1. The van der Waals surface area contributed by atoms with Crippen molar-refractivity contribution in [1.82, 2.24) is 5.32 Å². The van der Waals surface area contributed by atoms with E-state index >= 15 is 0 Å². The molecule has 2 N–H and O–H groups in total. The number of hydrogen-bond acceptors (Lipinski definition) is 3. The van der Waals surface area contributed by atoms with E-state index < -0.39 is 5.60 Å². The molecule has 2 aliphatic rings. The molecule has 5 heteroatoms. The van der Waals surface area contributed by atoms with Crippen molar-refractivity contribution < 1.29 is 19.1 Å². The molecule has 1 saturated heterocycles. The van der Waals surface area contributed by atoms with Crippen LogP contribution in [0.25, 0.3) is 0 Å². The van der Waals surface area contributed by atoms with Gasteiger partial charge in [0.15, 0.2) is 0 Å². The maximum atomic E-state index is 12.8. The molecule has 2 aromatic carbocycles. The number of aliphatic hydroxyl groups is 1. The quantitative estimate of drug-likeness (QED) is 0.408. The lowest BCUT2D eigenvalue weighted by Crippen LogP contribution is -2.70. The smallest absolute Gasteiger partial charge is 0.220 e. The van der Waals surface area contributed by atoms with Crippen molar-refractivity contribution in [3.05, 3.63) is 65.7 Å². The highest BCUT2D eigenvalue weighted by molar-refractivity contribution is 5.76. The van der Waals surface area contributed by atoms with Gasteiger partial charge in [-0.05, 0) is 61.8 Å². The Labute approximate surface area is 211 Å². The summed E-state index contributed by atoms with van der Waals surface area (Å²) in [6, 6.07) is 18.8. The number of benzene rings is 2. The summed E-state index contributed by atoms with van der Waals surface area (Å²) in [5.74, 6) is 0.966. The first-order valence-corrected chi connectivity index (χ1v) is 13.3. The first-order chi connectivity index (χ1) is 16.8. The average Bonchev–Trinajstić information content (AvgIpc) is 2.84. The molecule has 3 atom stereocenters. The normalized spacial score (nSPS) is 27.6. The molecule has 0 radical (unpaired) electrons. The van der Waals surface area contributed by atoms with Gasteiger partial charge in [0.2, 0.25) is 5.91 Å². The molecule has 1 heterocycles. The standard InChI is InChI=1S/C30H42N2O3/c1-32(2)20-19-29(25-14-10-15-27(21-25)35-3)22-26(17-18-30(29,34)23-32)31-28(33)16-9-5-8-13-24-11-6-4-7-12-24/h4,6-7,10-12,14-15,21,26,34H,5,8-9,13,16-20,22-23H2,1-3H3/p+1/t26-,29+,30+/m1/s1. The van der Waals surface area contributed by atoms with Crippen LogP contribution in [0.3, 0.4) is 0 Å². The number of piperidine rings is 1. The molecule has 1 saturated carbocycles. The van der Waals surface area contributed by atoms with Crippen LogP contribution in [0, 0.1) is 0 Å². The van der Waals surface area contributed by atoms with Gasteiger partial charge in [-0.3, -0.25) is 4.79 Å². The molecule has 0 unspecified atom stereocenters. The summed E-state index contributed by atoms with van der Waals surface area (Å²) in [5.41, 5.74) is 1.34. The van der Waals surface area contributed by atoms with Gasteiger partial charge < -0.3 is 19.6 Å². The number of methoxy groups -OCH3 is 1. The minimum absolute atomic E-state index is 0.0898. The number of carbonyl (C=O) groups excluding carboxylic acids is 1. The molecule has 5 nitrogen and oxygen atoms in total. The van der Waals surface area contributed by atoms with Gasteiger partial charge in [-0.1, -0.05) is 48.9 Å². The van der Waals surface area contributed by atoms with Crippen LogP contribution in [0.1, 0.15) is 62.5 Å². The Morgan fingerprint density at radius 1 is 1.09 bits per heavy atom. The molecule has 1 amide bonds. The van der Waals surface area contributed by atoms with Crippen molar-refractivity contribution in [2.45, 2.75) is 74.8 Å². The highest BCUT2D eigenvalue weighted by Gasteiger charge is 2.60. The molecule has 0 aromatic heterocycles. The van der Waals surface area contributed by atoms with Gasteiger partial charge in [-0.2, -0.15) is 0 Å². The largest absolute Gasteiger partial charge is 0.497 e. The lowest BCUT2D eigenvalue weighted by Gasteiger charge is -2.58. The molecule has 35 heavy (non-hydrogen) atoms. The van der Waals surface area contributed by atoms with Crippen molar-refractivity contribution in [2.24, 2.45) is 0 Å². The summed E-state index contributed by atoms with van der Waals surface area (Å²) >= 11 is 0. The molecule has 1 aliphatic heterocycles. The van der Waals surface area contributed by atoms with Crippen molar-refractivity contribution in [3.8, 4) is 5.75 Å². The lowest BCUT2D eigenvalue weighted by molar-refractivity contribution is -0.905. The topological polar surface area (TPSA) is 58.6 Å². The Morgan fingerprint density at radius 3 is 2.66 bits per heavy atom. The number of rotatable bonds is 9. The number of likely N-dealkylation sites (tertiary alicyclic amines) is 1. The Balaban J connectivity index is 1.38. The van der Waals surface area contributed by atoms with E-state index in [1.807, 2.05) is 18.2 Å². The summed E-state index contributed by atoms with van der Waals surface area (Å²) in [4.78, 5) is 12.8. The lowest BCUT2D eigenvalue weighted by atomic mass is 9.55. The second-order valence-corrected chi connectivity index (χ2v) is 11.5. The first-order valence-electron chi connectivity index (χ1n) is 13.3. The van der Waals surface area contributed by atoms with E-state index in [0.29, 0.717) is 12.8 Å². The van der Waals surface area contributed by atoms with E-state index in [1.165, 1.54) is 5.56 Å². The fraction of sp³-hybridized carbons (Fsp3) is 0.567. The summed E-state index contributed by atoms with van der Waals surface area (Å²) in [6.45, 7) is 1.73. The molecule has 2 aromatic rings. The number of aryl methyl sites for hydroxylation is 1. The van der Waals surface area contributed by atoms with Crippen molar-refractivity contribution in [3.63, 3.8) is 0 Å². The fourth-order valence-corrected chi connectivity index (χ4v) is 6.52. The number of unbranched alkanes of at least 4 members (excludes halogenated alkanes) is 2. The molecular formula is C30H43N2O3+. The number of hydrogen-bond donors (Lipinski definition) is 2. The van der Waals surface area contributed by atoms with E-state index in [0.717, 1.165) is 73.8 Å². The maximum Gasteiger partial charge on any atom is 0.220 e. The number of likely N-dealkylation sites (N-methyl/N-ethyl adjacent to an activating group) is 1. The number of amides is 1. The molecular weight excluding hydrogens is 436 g/mol. The van der Waals surface area contributed by atoms with Crippen LogP contribution in [0.2, 0.25) is 0 Å². The van der Waals surface area contributed by atoms with E-state index in [-0.39, 0.29) is 17.4 Å². The third-order valence-electron chi connectivity index (χ3n) is 8.43. The molecule has 4 rings (SSSR count). The first kappa shape index (κ1) is 25.7. The van der Waals surface area contributed by atoms with Gasteiger partial charge in [0.05, 0.1) is 27.7 Å². The van der Waals surface area contributed by atoms with Gasteiger partial charge in [0.25, 0.3) is 0 Å². The summed E-state index contributed by atoms with van der Waals surface area (Å²) in [7, 11) is 6.10. The van der Waals surface area contributed by atoms with Gasteiger partial charge in [0.1, 0.15) is 17.9 Å². The number of carbonyl (C=O) groups is 1. The summed E-state index contributed by atoms with van der Waals surface area (Å²) in [5, 5.41) is 15.4. The van der Waals surface area contributed by atoms with Crippen LogP contribution in [0.4, 0.5) is 0 Å². The van der Waals surface area contributed by atoms with Crippen LogP contribution in [-0.4, -0.2) is 61.4 Å². The second-order valence-electron chi connectivity index (χ2n) is 11.5. The van der Waals surface area contributed by atoms with Crippen molar-refractivity contribution in [2.75, 3.05) is 34.3 Å². The Morgan fingerprint density at radius 2 is 1.89 bits per heavy atom. The molecule has 1 aliphatic carbocycles. The van der Waals surface area contributed by atoms with Crippen LogP contribution in [-0.2, 0) is 16.6 Å². The number of fused-ring (bicyclic) bond motifs is 1. The predicted molar refractivity (Wildman–Crippen MR) is 140 cm³/mol. The van der Waals surface area contributed by atoms with Crippen LogP contribution in [0.5, 0.6) is 5.75 Å². The van der Waals surface area contributed by atoms with Gasteiger partial charge in [-0.15, -0.1) is 0 Å². The van der Waals surface area contributed by atoms with Crippen LogP contribution >= 0.6 is 0 Å². The van der Waals surface area contributed by atoms with E-state index in [2.05, 4.69) is 55.8 Å². The zero-order valence-corrected chi connectivity index (χ0v) is 21.8. The Bertz CT molecular complexity index is 992. The maximum absolute atomic E-state index is 12.8. The zero-order chi connectivity index (χ0) is 24.9.